The Hall–Kier alpha value is -1.07. The van der Waals surface area contributed by atoms with Crippen LogP contribution in [0.15, 0.2) is 22.5 Å². The van der Waals surface area contributed by atoms with Gasteiger partial charge in [0.2, 0.25) is 5.13 Å². The molecule has 16 heavy (non-hydrogen) atoms. The first-order valence-corrected chi connectivity index (χ1v) is 6.95. The molecule has 84 valence electrons. The molecule has 1 N–H and O–H groups in total. The number of anilines is 2. The Balaban J connectivity index is 2.26. The van der Waals surface area contributed by atoms with Crippen LogP contribution in [0.1, 0.15) is 11.1 Å². The fraction of sp³-hybridized carbons (Fsp3) is 0.273. The van der Waals surface area contributed by atoms with Crippen molar-refractivity contribution < 1.29 is 0 Å². The Morgan fingerprint density at radius 1 is 1.19 bits per heavy atom. The lowest BCUT2D eigenvalue weighted by atomic mass is 10.1. The van der Waals surface area contributed by atoms with Gasteiger partial charge in [-0.3, -0.25) is 0 Å². The highest BCUT2D eigenvalue weighted by molar-refractivity contribution is 8.00. The van der Waals surface area contributed by atoms with Gasteiger partial charge in [-0.2, -0.15) is 0 Å². The minimum Gasteiger partial charge on any atom is -0.330 e. The van der Waals surface area contributed by atoms with Crippen molar-refractivity contribution in [1.29, 1.82) is 0 Å². The first kappa shape index (κ1) is 11.4. The highest BCUT2D eigenvalue weighted by atomic mass is 32.2. The summed E-state index contributed by atoms with van der Waals surface area (Å²) in [7, 11) is 0. The van der Waals surface area contributed by atoms with Crippen LogP contribution < -0.4 is 5.32 Å². The predicted octanol–water partition coefficient (Wildman–Crippen LogP) is 3.62. The number of nitrogens with one attached hydrogen (secondary N) is 1. The molecular formula is C11H13N3S2. The van der Waals surface area contributed by atoms with Crippen molar-refractivity contribution in [3.05, 3.63) is 29.3 Å². The molecule has 0 aliphatic carbocycles. The van der Waals surface area contributed by atoms with Crippen LogP contribution in [0.25, 0.3) is 0 Å². The van der Waals surface area contributed by atoms with E-state index in [4.69, 9.17) is 0 Å². The third-order valence-corrected chi connectivity index (χ3v) is 4.11. The standard InChI is InChI=1S/C11H13N3S2/c1-7-5-4-6-8(2)9(7)12-10-13-14-11(15-3)16-10/h4-6H,1-3H3,(H,12,13). The van der Waals surface area contributed by atoms with Crippen LogP contribution in [-0.2, 0) is 0 Å². The van der Waals surface area contributed by atoms with E-state index < -0.39 is 0 Å². The molecule has 5 heteroatoms. The van der Waals surface area contributed by atoms with Crippen LogP contribution >= 0.6 is 23.1 Å². The van der Waals surface area contributed by atoms with Gasteiger partial charge in [0.25, 0.3) is 0 Å². The number of rotatable bonds is 3. The Morgan fingerprint density at radius 2 is 1.88 bits per heavy atom. The van der Waals surface area contributed by atoms with Gasteiger partial charge < -0.3 is 5.32 Å². The zero-order valence-corrected chi connectivity index (χ0v) is 11.1. The van der Waals surface area contributed by atoms with Crippen molar-refractivity contribution in [3.8, 4) is 0 Å². The summed E-state index contributed by atoms with van der Waals surface area (Å²) >= 11 is 3.19. The van der Waals surface area contributed by atoms with Gasteiger partial charge in [-0.05, 0) is 31.2 Å². The Kier molecular flexibility index (Phi) is 3.46. The van der Waals surface area contributed by atoms with Gasteiger partial charge in [-0.1, -0.05) is 41.3 Å². The predicted molar refractivity (Wildman–Crippen MR) is 70.9 cm³/mol. The number of hydrogen-bond acceptors (Lipinski definition) is 5. The van der Waals surface area contributed by atoms with Gasteiger partial charge in [-0.15, -0.1) is 10.2 Å². The lowest BCUT2D eigenvalue weighted by Gasteiger charge is -2.09. The largest absolute Gasteiger partial charge is 0.330 e. The van der Waals surface area contributed by atoms with Crippen LogP contribution in [0, 0.1) is 13.8 Å². The van der Waals surface area contributed by atoms with Crippen molar-refractivity contribution in [2.24, 2.45) is 0 Å². The Labute approximate surface area is 103 Å². The Morgan fingerprint density at radius 3 is 2.44 bits per heavy atom. The van der Waals surface area contributed by atoms with Gasteiger partial charge in [0.1, 0.15) is 0 Å². The van der Waals surface area contributed by atoms with Crippen molar-refractivity contribution in [2.45, 2.75) is 18.2 Å². The summed E-state index contributed by atoms with van der Waals surface area (Å²) in [5.41, 5.74) is 3.58. The van der Waals surface area contributed by atoms with Gasteiger partial charge in [0.05, 0.1) is 0 Å². The second-order valence-corrected chi connectivity index (χ2v) is 5.50. The average Bonchev–Trinajstić information content (AvgIpc) is 2.71. The number of aryl methyl sites for hydroxylation is 2. The summed E-state index contributed by atoms with van der Waals surface area (Å²) in [4.78, 5) is 0. The molecule has 2 rings (SSSR count). The van der Waals surface area contributed by atoms with E-state index in [0.717, 1.165) is 15.2 Å². The molecule has 0 saturated carbocycles. The molecule has 0 bridgehead atoms. The third-order valence-electron chi connectivity index (χ3n) is 2.29. The van der Waals surface area contributed by atoms with E-state index in [2.05, 4.69) is 47.6 Å². The quantitative estimate of drug-likeness (QED) is 0.845. The normalized spacial score (nSPS) is 10.4. The summed E-state index contributed by atoms with van der Waals surface area (Å²) in [6.07, 6.45) is 2.00. The average molecular weight is 251 g/mol. The molecule has 0 amide bonds. The summed E-state index contributed by atoms with van der Waals surface area (Å²) in [6.45, 7) is 4.18. The maximum absolute atomic E-state index is 4.10. The van der Waals surface area contributed by atoms with Gasteiger partial charge in [0, 0.05) is 5.69 Å². The zero-order chi connectivity index (χ0) is 11.5. The second-order valence-electron chi connectivity index (χ2n) is 3.47. The SMILES string of the molecule is CSc1nnc(Nc2c(C)cccc2C)s1. The fourth-order valence-corrected chi connectivity index (χ4v) is 2.64. The third kappa shape index (κ3) is 2.36. The van der Waals surface area contributed by atoms with Crippen molar-refractivity contribution in [2.75, 3.05) is 11.6 Å². The molecular weight excluding hydrogens is 238 g/mol. The van der Waals surface area contributed by atoms with E-state index >= 15 is 0 Å². The smallest absolute Gasteiger partial charge is 0.210 e. The molecule has 3 nitrogen and oxygen atoms in total. The zero-order valence-electron chi connectivity index (χ0n) is 9.44. The monoisotopic (exact) mass is 251 g/mol. The molecule has 0 unspecified atom stereocenters. The molecule has 1 heterocycles. The van der Waals surface area contributed by atoms with Crippen molar-refractivity contribution in [3.63, 3.8) is 0 Å². The molecule has 0 aliphatic heterocycles. The first-order chi connectivity index (χ1) is 7.70. The highest BCUT2D eigenvalue weighted by Crippen LogP contribution is 2.28. The van der Waals surface area contributed by atoms with E-state index in [1.807, 2.05) is 6.26 Å². The maximum atomic E-state index is 4.10. The number of para-hydroxylation sites is 1. The molecule has 1 aromatic carbocycles. The molecule has 0 radical (unpaired) electrons. The molecule has 0 aliphatic rings. The number of aromatic nitrogens is 2. The van der Waals surface area contributed by atoms with Crippen LogP contribution in [0.2, 0.25) is 0 Å². The Bertz CT molecular complexity index is 473. The summed E-state index contributed by atoms with van der Waals surface area (Å²) in [5.74, 6) is 0. The minimum absolute atomic E-state index is 0.849. The van der Waals surface area contributed by atoms with Crippen molar-refractivity contribution in [1.82, 2.24) is 10.2 Å². The number of hydrogen-bond donors (Lipinski definition) is 1. The number of thioether (sulfide) groups is 1. The molecule has 2 aromatic rings. The van der Waals surface area contributed by atoms with Crippen LogP contribution in [0.5, 0.6) is 0 Å². The fourth-order valence-electron chi connectivity index (χ4n) is 1.46. The second kappa shape index (κ2) is 4.84. The van der Waals surface area contributed by atoms with Crippen LogP contribution in [0.3, 0.4) is 0 Å². The summed E-state index contributed by atoms with van der Waals surface area (Å²) in [5, 5.41) is 12.3. The van der Waals surface area contributed by atoms with E-state index in [0.29, 0.717) is 0 Å². The topological polar surface area (TPSA) is 37.8 Å². The lowest BCUT2D eigenvalue weighted by Crippen LogP contribution is -1.95. The van der Waals surface area contributed by atoms with Gasteiger partial charge in [-0.25, -0.2) is 0 Å². The molecule has 0 atom stereocenters. The van der Waals surface area contributed by atoms with Crippen LogP contribution in [-0.4, -0.2) is 16.5 Å². The van der Waals surface area contributed by atoms with Gasteiger partial charge in [0.15, 0.2) is 4.34 Å². The van der Waals surface area contributed by atoms with E-state index in [-0.39, 0.29) is 0 Å². The maximum Gasteiger partial charge on any atom is 0.210 e. The minimum atomic E-state index is 0.849. The first-order valence-electron chi connectivity index (χ1n) is 4.91. The van der Waals surface area contributed by atoms with E-state index in [1.165, 1.54) is 11.1 Å². The molecule has 0 saturated heterocycles. The molecule has 0 fully saturated rings. The summed E-state index contributed by atoms with van der Waals surface area (Å²) in [6, 6.07) is 6.24. The highest BCUT2D eigenvalue weighted by Gasteiger charge is 2.06. The van der Waals surface area contributed by atoms with E-state index in [9.17, 15) is 0 Å². The van der Waals surface area contributed by atoms with Crippen LogP contribution in [0.4, 0.5) is 10.8 Å². The number of benzene rings is 1. The van der Waals surface area contributed by atoms with Crippen molar-refractivity contribution >= 4 is 33.9 Å². The molecule has 0 spiro atoms. The van der Waals surface area contributed by atoms with Gasteiger partial charge >= 0.3 is 0 Å². The number of nitrogens with zero attached hydrogens (tertiary/aromatic N) is 2. The lowest BCUT2D eigenvalue weighted by molar-refractivity contribution is 1.01. The molecule has 1 aromatic heterocycles. The van der Waals surface area contributed by atoms with E-state index in [1.54, 1.807) is 23.1 Å². The summed E-state index contributed by atoms with van der Waals surface area (Å²) < 4.78 is 0.980.